The highest BCUT2D eigenvalue weighted by atomic mass is 35.5. The summed E-state index contributed by atoms with van der Waals surface area (Å²) in [6.45, 7) is 0. The molecule has 0 aliphatic carbocycles. The molecule has 0 aromatic heterocycles. The quantitative estimate of drug-likeness (QED) is 0.856. The second-order valence-electron chi connectivity index (χ2n) is 4.13. The van der Waals surface area contributed by atoms with Crippen LogP contribution in [0.5, 0.6) is 0 Å². The van der Waals surface area contributed by atoms with E-state index in [1.807, 2.05) is 5.32 Å². The van der Waals surface area contributed by atoms with Gasteiger partial charge in [0.15, 0.2) is 11.6 Å². The van der Waals surface area contributed by atoms with E-state index >= 15 is 0 Å². The Morgan fingerprint density at radius 1 is 0.955 bits per heavy atom. The summed E-state index contributed by atoms with van der Waals surface area (Å²) in [5, 5.41) is 4.32. The van der Waals surface area contributed by atoms with Crippen molar-refractivity contribution in [2.45, 2.75) is 0 Å². The Morgan fingerprint density at radius 3 is 2.18 bits per heavy atom. The summed E-state index contributed by atoms with van der Waals surface area (Å²) in [4.78, 5) is 23.6. The number of rotatable bonds is 2. The van der Waals surface area contributed by atoms with Gasteiger partial charge in [0.2, 0.25) is 0 Å². The zero-order chi connectivity index (χ0) is 16.3. The van der Waals surface area contributed by atoms with E-state index in [0.29, 0.717) is 0 Å². The average Bonchev–Trinajstić information content (AvgIpc) is 2.42. The highest BCUT2D eigenvalue weighted by molar-refractivity contribution is 6.40. The van der Waals surface area contributed by atoms with Crippen molar-refractivity contribution in [2.24, 2.45) is 0 Å². The van der Waals surface area contributed by atoms with Crippen molar-refractivity contribution in [3.8, 4) is 0 Å². The maximum absolute atomic E-state index is 13.0. The minimum atomic E-state index is -1.13. The molecule has 2 aromatic carbocycles. The molecule has 2 N–H and O–H groups in total. The van der Waals surface area contributed by atoms with Gasteiger partial charge < -0.3 is 5.32 Å². The summed E-state index contributed by atoms with van der Waals surface area (Å²) in [6, 6.07) is 6.26. The van der Waals surface area contributed by atoms with E-state index in [2.05, 4.69) is 5.32 Å². The molecule has 0 bridgehead atoms. The number of halogens is 4. The summed E-state index contributed by atoms with van der Waals surface area (Å²) in [6.07, 6.45) is 0. The second-order valence-corrected chi connectivity index (χ2v) is 4.95. The van der Waals surface area contributed by atoms with Crippen LogP contribution in [0.2, 0.25) is 10.0 Å². The largest absolute Gasteiger partial charge is 0.326 e. The molecule has 114 valence electrons. The SMILES string of the molecule is O=C(NC(=O)c1c(Cl)cccc1Cl)Nc1ccc(F)c(F)c1. The molecule has 2 rings (SSSR count). The average molecular weight is 345 g/mol. The molecule has 0 saturated heterocycles. The number of amides is 3. The first-order chi connectivity index (χ1) is 10.4. The summed E-state index contributed by atoms with van der Waals surface area (Å²) in [7, 11) is 0. The molecule has 0 saturated carbocycles. The molecule has 4 nitrogen and oxygen atoms in total. The Kier molecular flexibility index (Phi) is 4.95. The zero-order valence-electron chi connectivity index (χ0n) is 10.8. The van der Waals surface area contributed by atoms with Gasteiger partial charge in [-0.1, -0.05) is 29.3 Å². The van der Waals surface area contributed by atoms with Gasteiger partial charge in [0.05, 0.1) is 15.6 Å². The third-order valence-corrected chi connectivity index (χ3v) is 3.22. The Bertz CT molecular complexity index is 733. The van der Waals surface area contributed by atoms with E-state index in [1.54, 1.807) is 6.07 Å². The zero-order valence-corrected chi connectivity index (χ0v) is 12.3. The van der Waals surface area contributed by atoms with Crippen LogP contribution in [0, 0.1) is 11.6 Å². The van der Waals surface area contributed by atoms with Crippen LogP contribution in [0.1, 0.15) is 10.4 Å². The smallest absolute Gasteiger partial charge is 0.308 e. The minimum absolute atomic E-state index is 0.0190. The lowest BCUT2D eigenvalue weighted by atomic mass is 10.2. The van der Waals surface area contributed by atoms with Crippen LogP contribution in [0.25, 0.3) is 0 Å². The molecule has 3 amide bonds. The van der Waals surface area contributed by atoms with Crippen LogP contribution in [0.3, 0.4) is 0 Å². The number of benzene rings is 2. The Hall–Kier alpha value is -2.18. The maximum Gasteiger partial charge on any atom is 0.326 e. The third-order valence-electron chi connectivity index (χ3n) is 2.59. The van der Waals surface area contributed by atoms with E-state index in [4.69, 9.17) is 23.2 Å². The summed E-state index contributed by atoms with van der Waals surface area (Å²) < 4.78 is 25.8. The van der Waals surface area contributed by atoms with Crippen LogP contribution >= 0.6 is 23.2 Å². The van der Waals surface area contributed by atoms with Crippen molar-refractivity contribution in [1.82, 2.24) is 5.32 Å². The first-order valence-corrected chi connectivity index (χ1v) is 6.65. The minimum Gasteiger partial charge on any atom is -0.308 e. The molecule has 0 atom stereocenters. The molecule has 0 spiro atoms. The number of carbonyl (C=O) groups excluding carboxylic acids is 2. The predicted molar refractivity (Wildman–Crippen MR) is 79.3 cm³/mol. The van der Waals surface area contributed by atoms with Gasteiger partial charge in [-0.3, -0.25) is 10.1 Å². The molecule has 8 heteroatoms. The lowest BCUT2D eigenvalue weighted by Crippen LogP contribution is -2.34. The molecular formula is C14H8Cl2F2N2O2. The summed E-state index contributed by atoms with van der Waals surface area (Å²) >= 11 is 11.7. The van der Waals surface area contributed by atoms with Crippen molar-refractivity contribution in [3.05, 3.63) is 63.6 Å². The van der Waals surface area contributed by atoms with Crippen LogP contribution in [-0.4, -0.2) is 11.9 Å². The highest BCUT2D eigenvalue weighted by Gasteiger charge is 2.17. The molecule has 2 aromatic rings. The number of hydrogen-bond donors (Lipinski definition) is 2. The van der Waals surface area contributed by atoms with Crippen LogP contribution < -0.4 is 10.6 Å². The monoisotopic (exact) mass is 344 g/mol. The van der Waals surface area contributed by atoms with Crippen molar-refractivity contribution in [1.29, 1.82) is 0 Å². The molecule has 0 fully saturated rings. The molecule has 0 aliphatic heterocycles. The summed E-state index contributed by atoms with van der Waals surface area (Å²) in [5.41, 5.74) is -0.0827. The van der Waals surface area contributed by atoms with Gasteiger partial charge in [0.1, 0.15) is 0 Å². The lowest BCUT2D eigenvalue weighted by Gasteiger charge is -2.09. The predicted octanol–water partition coefficient (Wildman–Crippen LogP) is 4.23. The van der Waals surface area contributed by atoms with Gasteiger partial charge in [-0.05, 0) is 24.3 Å². The number of carbonyl (C=O) groups is 2. The second kappa shape index (κ2) is 6.72. The Balaban J connectivity index is 2.08. The molecule has 22 heavy (non-hydrogen) atoms. The number of imide groups is 1. The normalized spacial score (nSPS) is 10.2. The highest BCUT2D eigenvalue weighted by Crippen LogP contribution is 2.24. The number of hydrogen-bond acceptors (Lipinski definition) is 2. The standard InChI is InChI=1S/C14H8Cl2F2N2O2/c15-8-2-1-3-9(16)12(8)13(21)20-14(22)19-7-4-5-10(17)11(18)6-7/h1-6H,(H2,19,20,21,22). The first-order valence-electron chi connectivity index (χ1n) is 5.90. The van der Waals surface area contributed by atoms with Crippen molar-refractivity contribution in [3.63, 3.8) is 0 Å². The van der Waals surface area contributed by atoms with Crippen LogP contribution in [-0.2, 0) is 0 Å². The third kappa shape index (κ3) is 3.72. The van der Waals surface area contributed by atoms with Gasteiger partial charge in [0.25, 0.3) is 5.91 Å². The fourth-order valence-corrected chi connectivity index (χ4v) is 2.19. The van der Waals surface area contributed by atoms with E-state index in [0.717, 1.165) is 18.2 Å². The Labute approximate surface area is 134 Å². The number of anilines is 1. The van der Waals surface area contributed by atoms with Gasteiger partial charge in [-0.2, -0.15) is 0 Å². The lowest BCUT2D eigenvalue weighted by molar-refractivity contribution is 0.0967. The molecular weight excluding hydrogens is 337 g/mol. The Morgan fingerprint density at radius 2 is 1.59 bits per heavy atom. The van der Waals surface area contributed by atoms with Crippen LogP contribution in [0.4, 0.5) is 19.3 Å². The maximum atomic E-state index is 13.0. The fourth-order valence-electron chi connectivity index (χ4n) is 1.62. The van der Waals surface area contributed by atoms with E-state index in [-0.39, 0.29) is 21.3 Å². The summed E-state index contributed by atoms with van der Waals surface area (Å²) in [5.74, 6) is -3.00. The van der Waals surface area contributed by atoms with Crippen molar-refractivity contribution < 1.29 is 18.4 Å². The first kappa shape index (κ1) is 16.2. The molecule has 0 heterocycles. The molecule has 0 aliphatic rings. The van der Waals surface area contributed by atoms with Crippen LogP contribution in [0.15, 0.2) is 36.4 Å². The van der Waals surface area contributed by atoms with Crippen molar-refractivity contribution in [2.75, 3.05) is 5.32 Å². The van der Waals surface area contributed by atoms with Crippen molar-refractivity contribution >= 4 is 40.8 Å². The fraction of sp³-hybridized carbons (Fsp3) is 0. The van der Waals surface area contributed by atoms with Gasteiger partial charge >= 0.3 is 6.03 Å². The van der Waals surface area contributed by atoms with Gasteiger partial charge in [-0.15, -0.1) is 0 Å². The topological polar surface area (TPSA) is 58.2 Å². The van der Waals surface area contributed by atoms with E-state index < -0.39 is 23.6 Å². The van der Waals surface area contributed by atoms with Gasteiger partial charge in [-0.25, -0.2) is 13.6 Å². The van der Waals surface area contributed by atoms with E-state index in [9.17, 15) is 18.4 Å². The number of urea groups is 1. The molecule has 0 unspecified atom stereocenters. The number of nitrogens with one attached hydrogen (secondary N) is 2. The molecule has 0 radical (unpaired) electrons. The van der Waals surface area contributed by atoms with E-state index in [1.165, 1.54) is 12.1 Å². The van der Waals surface area contributed by atoms with Gasteiger partial charge in [0, 0.05) is 11.8 Å².